The molecule has 108 valence electrons. The van der Waals surface area contributed by atoms with Crippen molar-refractivity contribution in [3.05, 3.63) is 34.9 Å². The van der Waals surface area contributed by atoms with Crippen LogP contribution in [0.25, 0.3) is 0 Å². The average Bonchev–Trinajstić information content (AvgIpc) is 2.90. The number of aromatic nitrogens is 4. The summed E-state index contributed by atoms with van der Waals surface area (Å²) in [5, 5.41) is 16.7. The molecule has 0 aliphatic heterocycles. The van der Waals surface area contributed by atoms with Crippen LogP contribution in [0.4, 0.5) is 0 Å². The molecular weight excluding hydrogens is 294 g/mol. The second kappa shape index (κ2) is 8.24. The zero-order valence-electron chi connectivity index (χ0n) is 11.4. The van der Waals surface area contributed by atoms with Gasteiger partial charge in [-0.1, -0.05) is 48.5 Å². The first-order chi connectivity index (χ1) is 9.81. The summed E-state index contributed by atoms with van der Waals surface area (Å²) >= 11 is 7.74. The number of rotatable bonds is 8. The van der Waals surface area contributed by atoms with Gasteiger partial charge >= 0.3 is 0 Å². The summed E-state index contributed by atoms with van der Waals surface area (Å²) in [6.07, 6.45) is 1.13. The Balaban J connectivity index is 1.87. The van der Waals surface area contributed by atoms with Crippen LogP contribution in [0.2, 0.25) is 5.02 Å². The fourth-order valence-corrected chi connectivity index (χ4v) is 2.87. The van der Waals surface area contributed by atoms with Crippen molar-refractivity contribution in [2.75, 3.05) is 13.1 Å². The van der Waals surface area contributed by atoms with Gasteiger partial charge in [-0.3, -0.25) is 0 Å². The fraction of sp³-hybridized carbons (Fsp3) is 0.462. The predicted octanol–water partition coefficient (Wildman–Crippen LogP) is 2.62. The quantitative estimate of drug-likeness (QED) is 0.600. The van der Waals surface area contributed by atoms with E-state index in [4.69, 9.17) is 11.6 Å². The second-order valence-electron chi connectivity index (χ2n) is 4.31. The molecule has 2 rings (SSSR count). The third-order valence-electron chi connectivity index (χ3n) is 2.74. The average molecular weight is 312 g/mol. The van der Waals surface area contributed by atoms with Gasteiger partial charge in [-0.15, -0.1) is 5.10 Å². The van der Waals surface area contributed by atoms with Crippen molar-refractivity contribution in [2.45, 2.75) is 30.8 Å². The minimum atomic E-state index is 0.766. The van der Waals surface area contributed by atoms with Crippen LogP contribution >= 0.6 is 23.4 Å². The van der Waals surface area contributed by atoms with Crippen molar-refractivity contribution < 1.29 is 0 Å². The third-order valence-corrected chi connectivity index (χ3v) is 4.12. The Morgan fingerprint density at radius 3 is 2.95 bits per heavy atom. The van der Waals surface area contributed by atoms with Crippen LogP contribution in [-0.2, 0) is 12.3 Å². The van der Waals surface area contributed by atoms with E-state index >= 15 is 0 Å². The Bertz CT molecular complexity index is 531. The first-order valence-electron chi connectivity index (χ1n) is 6.64. The lowest BCUT2D eigenvalue weighted by atomic mass is 10.2. The molecule has 1 N–H and O–H groups in total. The number of nitrogens with zero attached hydrogens (tertiary/aromatic N) is 4. The van der Waals surface area contributed by atoms with Gasteiger partial charge < -0.3 is 5.32 Å². The Labute approximate surface area is 128 Å². The summed E-state index contributed by atoms with van der Waals surface area (Å²) in [5.74, 6) is 0.766. The number of hydrogen-bond acceptors (Lipinski definition) is 5. The van der Waals surface area contributed by atoms with Gasteiger partial charge in [0.1, 0.15) is 0 Å². The Kier molecular flexibility index (Phi) is 6.29. The summed E-state index contributed by atoms with van der Waals surface area (Å²) in [6.45, 7) is 4.81. The van der Waals surface area contributed by atoms with Crippen LogP contribution < -0.4 is 5.32 Å². The van der Waals surface area contributed by atoms with Gasteiger partial charge in [0.05, 0.1) is 6.54 Å². The van der Waals surface area contributed by atoms with E-state index in [0.717, 1.165) is 47.6 Å². The Morgan fingerprint density at radius 2 is 2.15 bits per heavy atom. The van der Waals surface area contributed by atoms with Gasteiger partial charge in [0.25, 0.3) is 0 Å². The molecule has 7 heteroatoms. The van der Waals surface area contributed by atoms with Gasteiger partial charge in [-0.2, -0.15) is 0 Å². The van der Waals surface area contributed by atoms with E-state index in [1.165, 1.54) is 0 Å². The highest BCUT2D eigenvalue weighted by Gasteiger charge is 2.08. The number of hydrogen-bond donors (Lipinski definition) is 1. The molecule has 0 saturated carbocycles. The molecule has 20 heavy (non-hydrogen) atoms. The number of thioether (sulfide) groups is 1. The highest BCUT2D eigenvalue weighted by atomic mass is 35.5. The molecule has 0 atom stereocenters. The molecule has 0 bridgehead atoms. The maximum atomic E-state index is 6.14. The van der Waals surface area contributed by atoms with Crippen LogP contribution in [-0.4, -0.2) is 33.3 Å². The van der Waals surface area contributed by atoms with Crippen molar-refractivity contribution in [3.8, 4) is 0 Å². The van der Waals surface area contributed by atoms with E-state index in [0.29, 0.717) is 0 Å². The van der Waals surface area contributed by atoms with Gasteiger partial charge in [-0.05, 0) is 35.0 Å². The standard InChI is InChI=1S/C13H18ClN5S/c1-2-7-15-8-9-19-13(16-17-18-19)20-10-11-5-3-4-6-12(11)14/h3-6,15H,2,7-10H2,1H3. The molecule has 1 aromatic carbocycles. The zero-order chi connectivity index (χ0) is 14.2. The van der Waals surface area contributed by atoms with Crippen LogP contribution in [0.15, 0.2) is 29.4 Å². The van der Waals surface area contributed by atoms with Gasteiger partial charge in [0, 0.05) is 17.3 Å². The Hall–Kier alpha value is -1.11. The third kappa shape index (κ3) is 4.47. The maximum Gasteiger partial charge on any atom is 0.209 e. The van der Waals surface area contributed by atoms with E-state index in [2.05, 4.69) is 27.8 Å². The van der Waals surface area contributed by atoms with E-state index in [-0.39, 0.29) is 0 Å². The summed E-state index contributed by atoms with van der Waals surface area (Å²) in [5.41, 5.74) is 1.10. The first kappa shape index (κ1) is 15.3. The maximum absolute atomic E-state index is 6.14. The molecule has 1 heterocycles. The largest absolute Gasteiger partial charge is 0.315 e. The van der Waals surface area contributed by atoms with Crippen molar-refractivity contribution in [1.82, 2.24) is 25.5 Å². The van der Waals surface area contributed by atoms with Crippen molar-refractivity contribution in [1.29, 1.82) is 0 Å². The molecule has 0 fully saturated rings. The summed E-state index contributed by atoms with van der Waals surface area (Å²) in [6, 6.07) is 7.83. The molecule has 0 aliphatic carbocycles. The normalized spacial score (nSPS) is 10.9. The highest BCUT2D eigenvalue weighted by molar-refractivity contribution is 7.98. The monoisotopic (exact) mass is 311 g/mol. The van der Waals surface area contributed by atoms with Crippen molar-refractivity contribution >= 4 is 23.4 Å². The molecule has 0 aliphatic rings. The van der Waals surface area contributed by atoms with E-state index < -0.39 is 0 Å². The second-order valence-corrected chi connectivity index (χ2v) is 5.66. The number of halogens is 1. The molecule has 0 unspecified atom stereocenters. The van der Waals surface area contributed by atoms with Gasteiger partial charge in [0.15, 0.2) is 0 Å². The fourth-order valence-electron chi connectivity index (χ4n) is 1.68. The predicted molar refractivity (Wildman–Crippen MR) is 82.0 cm³/mol. The molecule has 5 nitrogen and oxygen atoms in total. The topological polar surface area (TPSA) is 55.6 Å². The lowest BCUT2D eigenvalue weighted by molar-refractivity contribution is 0.510. The van der Waals surface area contributed by atoms with Crippen LogP contribution in [0.1, 0.15) is 18.9 Å². The molecule has 0 amide bonds. The molecule has 0 spiro atoms. The zero-order valence-corrected chi connectivity index (χ0v) is 13.0. The van der Waals surface area contributed by atoms with Crippen LogP contribution in [0.3, 0.4) is 0 Å². The highest BCUT2D eigenvalue weighted by Crippen LogP contribution is 2.24. The summed E-state index contributed by atoms with van der Waals surface area (Å²) in [7, 11) is 0. The molecule has 0 saturated heterocycles. The Morgan fingerprint density at radius 1 is 1.30 bits per heavy atom. The smallest absolute Gasteiger partial charge is 0.209 e. The number of nitrogens with one attached hydrogen (secondary N) is 1. The molecule has 0 radical (unpaired) electrons. The molecular formula is C13H18ClN5S. The summed E-state index contributed by atoms with van der Waals surface area (Å²) < 4.78 is 1.82. The number of benzene rings is 1. The molecule has 2 aromatic rings. The van der Waals surface area contributed by atoms with E-state index in [1.807, 2.05) is 28.9 Å². The van der Waals surface area contributed by atoms with Gasteiger partial charge in [0.2, 0.25) is 5.16 Å². The minimum absolute atomic E-state index is 0.766. The van der Waals surface area contributed by atoms with Crippen molar-refractivity contribution in [2.24, 2.45) is 0 Å². The van der Waals surface area contributed by atoms with Crippen LogP contribution in [0, 0.1) is 0 Å². The molecule has 1 aromatic heterocycles. The van der Waals surface area contributed by atoms with E-state index in [1.54, 1.807) is 11.8 Å². The lowest BCUT2D eigenvalue weighted by Crippen LogP contribution is -2.21. The lowest BCUT2D eigenvalue weighted by Gasteiger charge is -2.06. The van der Waals surface area contributed by atoms with E-state index in [9.17, 15) is 0 Å². The number of tetrazole rings is 1. The van der Waals surface area contributed by atoms with Crippen molar-refractivity contribution in [3.63, 3.8) is 0 Å². The summed E-state index contributed by atoms with van der Waals surface area (Å²) in [4.78, 5) is 0. The minimum Gasteiger partial charge on any atom is -0.315 e. The first-order valence-corrected chi connectivity index (χ1v) is 8.00. The SMILES string of the molecule is CCCNCCn1nnnc1SCc1ccccc1Cl. The van der Waals surface area contributed by atoms with Gasteiger partial charge in [-0.25, -0.2) is 4.68 Å². The van der Waals surface area contributed by atoms with Crippen LogP contribution in [0.5, 0.6) is 0 Å².